The lowest BCUT2D eigenvalue weighted by molar-refractivity contribution is 0.0661. The van der Waals surface area contributed by atoms with Gasteiger partial charge in [0, 0.05) is 113 Å². The average Bonchev–Trinajstić information content (AvgIpc) is 1.43. The van der Waals surface area contributed by atoms with E-state index in [4.69, 9.17) is 40.0 Å². The maximum absolute atomic E-state index is 14.2. The molecule has 11 aromatic rings. The molecule has 6 aliphatic heterocycles. The molecule has 0 N–H and O–H groups in total. The first kappa shape index (κ1) is 108. The minimum absolute atomic E-state index is 0.00639. The van der Waals surface area contributed by atoms with Crippen molar-refractivity contribution in [3.63, 3.8) is 0 Å². The molecule has 0 bridgehead atoms. The van der Waals surface area contributed by atoms with Crippen LogP contribution in [0.2, 0.25) is 5.02 Å². The molecule has 1 fully saturated rings. The van der Waals surface area contributed by atoms with Gasteiger partial charge in [0.25, 0.3) is 35.4 Å². The number of hydrogen-bond acceptors (Lipinski definition) is 14. The molecule has 0 spiro atoms. The molecular formula is C117H122ClF7N8O12. The standard InChI is InChI=1S/C22H20FN3O2.C20H19ClFNO2.C20H20FNO2.C19H17F2NO2.C19H24FNO2.C17H22FNO2/c1-2-15(13-23)14-28-19-5-6-20-17(11-19)8-10-26(22(20)27)18-4-3-16-7-9-24-25-21(16)12-18;1-2-14(10-22)13-25-18-7-8-19-16(9-18)12-23(20(19)24)11-15-3-5-17(21)6-4-15;1-2-15(13-21)14-24-18-8-9-19-16(12-18)10-11-22(20(19)23)17-6-4-3-5-7-17;1-2-13(10-20)12-24-18-8-14-11-22(15-6-4-3-5-7-15)19(23)16(14)9-17(18)21;1-2-14(12-20)13-23-17-7-8-18-15(11-17)9-10-21(19(18)22)16-5-3-4-6-16;1-3-13(11-18)12-21-15-7-8-16-14(10-15)6-5-9-19(4-2)17(16)20/h3-7,9,11-13H,2,8,10,14H2,1H3;3-10H,2,11-13H2,1H3;3-9,12-13H,2,10-11,14H2,1H3;3-10H,2,11-12H2,1H3;7-8,11-12,16H,2-6,9-10,13H2,1H3;7-8,10-11H,3-6,9,12H2,1-2H3. The molecule has 18 rings (SSSR count). The van der Waals surface area contributed by atoms with Crippen LogP contribution >= 0.6 is 11.6 Å². The molecule has 7 heterocycles. The lowest BCUT2D eigenvalue weighted by Gasteiger charge is -2.33. The van der Waals surface area contributed by atoms with Gasteiger partial charge in [0.05, 0.1) is 56.2 Å². The molecule has 0 radical (unpaired) electrons. The van der Waals surface area contributed by atoms with E-state index in [1.807, 2.05) is 204 Å². The van der Waals surface area contributed by atoms with Gasteiger partial charge in [-0.3, -0.25) is 28.8 Å². The lowest BCUT2D eigenvalue weighted by Crippen LogP contribution is -2.43. The number of rotatable bonds is 31. The SMILES string of the molecule is CCC(=CF)COc1cc2c(cc1F)C(=O)N(c1ccccc1)C2.CCC(=CF)COc1ccc2c(c1)CCCN(CC)C2=O.CCC(=CF)COc1ccc2c(c1)CCN(C1CCCC1)C2=O.CCC(=CF)COc1ccc2c(c1)CCN(c1ccc3ccnnc3c1)C2=O.CCC(=CF)COc1ccc2c(c1)CCN(c1ccccc1)C2=O.CCC(=CF)COc1ccc2c(c1)CN(Cc1ccc(Cl)cc1)C2=O. The van der Waals surface area contributed by atoms with E-state index in [-0.39, 0.29) is 80.8 Å². The number of nitrogens with zero attached hydrogens (tertiary/aromatic N) is 8. The molecule has 1 aliphatic carbocycles. The van der Waals surface area contributed by atoms with Crippen LogP contribution in [0, 0.1) is 5.82 Å². The number of anilines is 3. The maximum Gasteiger partial charge on any atom is 0.259 e. The highest BCUT2D eigenvalue weighted by Gasteiger charge is 2.36. The van der Waals surface area contributed by atoms with Gasteiger partial charge < -0.3 is 57.8 Å². The molecule has 28 heteroatoms. The molecule has 10 aromatic carbocycles. The molecule has 1 saturated carbocycles. The van der Waals surface area contributed by atoms with Gasteiger partial charge in [0.1, 0.15) is 68.4 Å². The summed E-state index contributed by atoms with van der Waals surface area (Å²) in [5, 5.41) is 9.70. The van der Waals surface area contributed by atoms with Gasteiger partial charge in [-0.15, -0.1) is 0 Å². The van der Waals surface area contributed by atoms with Gasteiger partial charge in [-0.25, -0.2) is 30.7 Å². The van der Waals surface area contributed by atoms with E-state index in [1.165, 1.54) is 25.0 Å². The highest BCUT2D eigenvalue weighted by Crippen LogP contribution is 2.38. The molecule has 758 valence electrons. The topological polar surface area (TPSA) is 203 Å². The minimum Gasteiger partial charge on any atom is -0.489 e. The molecule has 6 amide bonds. The van der Waals surface area contributed by atoms with Crippen molar-refractivity contribution in [1.29, 1.82) is 0 Å². The quantitative estimate of drug-likeness (QED) is 0.0371. The highest BCUT2D eigenvalue weighted by atomic mass is 35.5. The Bertz CT molecular complexity index is 6550. The first-order valence-electron chi connectivity index (χ1n) is 49.4. The predicted octanol–water partition coefficient (Wildman–Crippen LogP) is 26.8. The van der Waals surface area contributed by atoms with Crippen LogP contribution in [0.3, 0.4) is 0 Å². The van der Waals surface area contributed by atoms with Crippen LogP contribution < -0.4 is 43.1 Å². The van der Waals surface area contributed by atoms with E-state index >= 15 is 0 Å². The maximum atomic E-state index is 14.2. The molecule has 7 aliphatic rings. The second-order valence-corrected chi connectivity index (χ2v) is 36.1. The zero-order chi connectivity index (χ0) is 103. The Morgan fingerprint density at radius 3 is 1.21 bits per heavy atom. The van der Waals surface area contributed by atoms with E-state index in [1.54, 1.807) is 75.2 Å². The zero-order valence-electron chi connectivity index (χ0n) is 82.8. The fourth-order valence-corrected chi connectivity index (χ4v) is 17.7. The summed E-state index contributed by atoms with van der Waals surface area (Å²) < 4.78 is 123. The molecule has 20 nitrogen and oxygen atoms in total. The molecule has 0 saturated heterocycles. The second-order valence-electron chi connectivity index (χ2n) is 35.7. The Kier molecular flexibility index (Phi) is 39.8. The zero-order valence-corrected chi connectivity index (χ0v) is 83.6. The normalized spacial score (nSPS) is 15.2. The summed E-state index contributed by atoms with van der Waals surface area (Å²) in [5.74, 6) is 2.75. The summed E-state index contributed by atoms with van der Waals surface area (Å²) in [5.41, 5.74) is 17.3. The third-order valence-corrected chi connectivity index (χ3v) is 26.7. The summed E-state index contributed by atoms with van der Waals surface area (Å²) in [6, 6.07) is 64.6. The Morgan fingerprint density at radius 1 is 0.359 bits per heavy atom. The van der Waals surface area contributed by atoms with Crippen molar-refractivity contribution in [3.8, 4) is 34.5 Å². The average molecular weight is 2000 g/mol. The fourth-order valence-electron chi connectivity index (χ4n) is 17.5. The summed E-state index contributed by atoms with van der Waals surface area (Å²) >= 11 is 5.90. The Hall–Kier alpha value is -14.6. The molecule has 1 aromatic heterocycles. The van der Waals surface area contributed by atoms with Crippen LogP contribution in [0.1, 0.15) is 220 Å². The lowest BCUT2D eigenvalue weighted by atomic mass is 9.97. The number of benzene rings is 10. The number of carbonyl (C=O) groups is 6. The summed E-state index contributed by atoms with van der Waals surface area (Å²) in [6.07, 6.45) is 17.6. The fraction of sp³-hybridized carbons (Fsp3) is 0.316. The van der Waals surface area contributed by atoms with Crippen molar-refractivity contribution in [3.05, 3.63) is 373 Å². The minimum atomic E-state index is -0.619. The van der Waals surface area contributed by atoms with E-state index < -0.39 is 5.82 Å². The van der Waals surface area contributed by atoms with Crippen LogP contribution in [0.25, 0.3) is 10.9 Å². The van der Waals surface area contributed by atoms with Crippen LogP contribution in [0.5, 0.6) is 34.5 Å². The van der Waals surface area contributed by atoms with Crippen molar-refractivity contribution in [1.82, 2.24) is 24.9 Å². The van der Waals surface area contributed by atoms with E-state index in [2.05, 4.69) is 15.1 Å². The van der Waals surface area contributed by atoms with Crippen molar-refractivity contribution < 1.29 is 87.9 Å². The number of carbonyl (C=O) groups excluding carboxylic acids is 6. The third kappa shape index (κ3) is 28.3. The van der Waals surface area contributed by atoms with Crippen LogP contribution in [-0.2, 0) is 45.3 Å². The first-order valence-corrected chi connectivity index (χ1v) is 49.8. The van der Waals surface area contributed by atoms with Crippen molar-refractivity contribution >= 4 is 75.0 Å². The monoisotopic (exact) mass is 2000 g/mol. The van der Waals surface area contributed by atoms with Gasteiger partial charge in [0.2, 0.25) is 0 Å². The van der Waals surface area contributed by atoms with Gasteiger partial charge in [0.15, 0.2) is 11.6 Å². The first-order chi connectivity index (χ1) is 70.6. The van der Waals surface area contributed by atoms with Crippen molar-refractivity contribution in [2.75, 3.05) is 87.1 Å². The largest absolute Gasteiger partial charge is 0.489 e. The van der Waals surface area contributed by atoms with Gasteiger partial charge in [-0.05, 0) is 321 Å². The smallest absolute Gasteiger partial charge is 0.259 e. The Labute approximate surface area is 848 Å². The van der Waals surface area contributed by atoms with Crippen LogP contribution in [0.15, 0.2) is 290 Å². The van der Waals surface area contributed by atoms with Crippen LogP contribution in [0.4, 0.5) is 47.8 Å². The summed E-state index contributed by atoms with van der Waals surface area (Å²) in [4.78, 5) is 86.7. The van der Waals surface area contributed by atoms with Gasteiger partial charge in [-0.1, -0.05) is 121 Å². The number of amides is 6. The number of fused-ring (bicyclic) bond motifs is 7. The van der Waals surface area contributed by atoms with Gasteiger partial charge >= 0.3 is 0 Å². The third-order valence-electron chi connectivity index (χ3n) is 26.5. The molecule has 0 unspecified atom stereocenters. The van der Waals surface area contributed by atoms with E-state index in [0.717, 1.165) is 137 Å². The van der Waals surface area contributed by atoms with E-state index in [0.29, 0.717) is 210 Å². The molecular weight excluding hydrogens is 1880 g/mol. The second kappa shape index (κ2) is 53.7. The number of para-hydroxylation sites is 2. The summed E-state index contributed by atoms with van der Waals surface area (Å²) in [6.45, 7) is 19.4. The van der Waals surface area contributed by atoms with Crippen molar-refractivity contribution in [2.24, 2.45) is 0 Å². The van der Waals surface area contributed by atoms with Crippen LogP contribution in [-0.4, -0.2) is 139 Å². The number of hydrogen-bond donors (Lipinski definition) is 0. The predicted molar refractivity (Wildman–Crippen MR) is 554 cm³/mol. The number of aromatic nitrogens is 2. The summed E-state index contributed by atoms with van der Waals surface area (Å²) in [7, 11) is 0. The van der Waals surface area contributed by atoms with Gasteiger partial charge in [-0.2, -0.15) is 10.2 Å². The molecule has 0 atom stereocenters. The number of ether oxygens (including phenoxy) is 6. The Balaban J connectivity index is 0.000000146. The highest BCUT2D eigenvalue weighted by molar-refractivity contribution is 6.30. The molecule has 145 heavy (non-hydrogen) atoms. The van der Waals surface area contributed by atoms with Crippen molar-refractivity contribution in [2.45, 2.75) is 170 Å². The Morgan fingerprint density at radius 2 is 0.752 bits per heavy atom. The number of aryl methyl sites for hydroxylation is 1. The van der Waals surface area contributed by atoms with E-state index in [9.17, 15) is 59.5 Å². The number of halogens is 8.